The highest BCUT2D eigenvalue weighted by molar-refractivity contribution is 5.38. The molecule has 0 radical (unpaired) electrons. The van der Waals surface area contributed by atoms with Crippen LogP contribution in [0.3, 0.4) is 0 Å². The Morgan fingerprint density at radius 3 is 2.62 bits per heavy atom. The first-order valence-corrected chi connectivity index (χ1v) is 8.39. The molecule has 21 heavy (non-hydrogen) atoms. The number of ether oxygens (including phenoxy) is 1. The summed E-state index contributed by atoms with van der Waals surface area (Å²) >= 11 is 0. The molecule has 1 aromatic rings. The predicted molar refractivity (Wildman–Crippen MR) is 87.7 cm³/mol. The Hall–Kier alpha value is -1.02. The molecule has 0 saturated heterocycles. The summed E-state index contributed by atoms with van der Waals surface area (Å²) in [6, 6.07) is 9.58. The molecule has 1 fully saturated rings. The Labute approximate surface area is 129 Å². The van der Waals surface area contributed by atoms with Gasteiger partial charge in [-0.25, -0.2) is 0 Å². The van der Waals surface area contributed by atoms with Crippen LogP contribution in [0.2, 0.25) is 0 Å². The summed E-state index contributed by atoms with van der Waals surface area (Å²) in [4.78, 5) is 0. The van der Waals surface area contributed by atoms with Crippen molar-refractivity contribution in [2.75, 3.05) is 0 Å². The Morgan fingerprint density at radius 1 is 1.10 bits per heavy atom. The Kier molecular flexibility index (Phi) is 3.77. The highest BCUT2D eigenvalue weighted by Gasteiger charge is 2.36. The van der Waals surface area contributed by atoms with Gasteiger partial charge < -0.3 is 10.1 Å². The van der Waals surface area contributed by atoms with Crippen molar-refractivity contribution < 1.29 is 4.74 Å². The van der Waals surface area contributed by atoms with E-state index >= 15 is 0 Å². The second-order valence-electron chi connectivity index (χ2n) is 8.28. The van der Waals surface area contributed by atoms with Crippen LogP contribution in [0.15, 0.2) is 24.3 Å². The molecule has 0 spiro atoms. The van der Waals surface area contributed by atoms with Gasteiger partial charge in [0.1, 0.15) is 11.4 Å². The van der Waals surface area contributed by atoms with E-state index in [9.17, 15) is 0 Å². The van der Waals surface area contributed by atoms with E-state index in [-0.39, 0.29) is 5.60 Å². The highest BCUT2D eigenvalue weighted by atomic mass is 16.5. The quantitative estimate of drug-likeness (QED) is 0.839. The van der Waals surface area contributed by atoms with E-state index in [1.54, 1.807) is 0 Å². The summed E-state index contributed by atoms with van der Waals surface area (Å²) in [6.07, 6.45) is 6.34. The van der Waals surface area contributed by atoms with Gasteiger partial charge in [-0.15, -0.1) is 0 Å². The zero-order valence-electron chi connectivity index (χ0n) is 13.9. The van der Waals surface area contributed by atoms with E-state index in [4.69, 9.17) is 4.74 Å². The third kappa shape index (κ3) is 3.42. The zero-order chi connectivity index (χ0) is 15.1. The minimum atomic E-state index is -0.0871. The number of benzene rings is 1. The van der Waals surface area contributed by atoms with Crippen LogP contribution in [-0.2, 0) is 0 Å². The van der Waals surface area contributed by atoms with Gasteiger partial charge in [0.2, 0.25) is 0 Å². The van der Waals surface area contributed by atoms with Crippen molar-refractivity contribution in [2.24, 2.45) is 5.41 Å². The maximum absolute atomic E-state index is 6.14. The van der Waals surface area contributed by atoms with Gasteiger partial charge in [-0.05, 0) is 44.6 Å². The first kappa shape index (κ1) is 14.9. The lowest BCUT2D eigenvalue weighted by molar-refractivity contribution is 0.0594. The van der Waals surface area contributed by atoms with Crippen molar-refractivity contribution in [3.8, 4) is 5.75 Å². The maximum Gasteiger partial charge on any atom is 0.124 e. The van der Waals surface area contributed by atoms with Crippen LogP contribution < -0.4 is 10.1 Å². The average molecular weight is 287 g/mol. The maximum atomic E-state index is 6.14. The number of hydrogen-bond acceptors (Lipinski definition) is 2. The van der Waals surface area contributed by atoms with Crippen molar-refractivity contribution in [1.82, 2.24) is 5.32 Å². The normalized spacial score (nSPS) is 30.3. The van der Waals surface area contributed by atoms with Crippen LogP contribution >= 0.6 is 0 Å². The van der Waals surface area contributed by atoms with E-state index < -0.39 is 0 Å². The largest absolute Gasteiger partial charge is 0.487 e. The fourth-order valence-corrected chi connectivity index (χ4v) is 4.08. The molecular weight excluding hydrogens is 258 g/mol. The van der Waals surface area contributed by atoms with Crippen LogP contribution in [0.4, 0.5) is 0 Å². The number of fused-ring (bicyclic) bond motifs is 1. The average Bonchev–Trinajstić information content (AvgIpc) is 2.36. The molecule has 2 unspecified atom stereocenters. The summed E-state index contributed by atoms with van der Waals surface area (Å²) in [7, 11) is 0. The predicted octanol–water partition coefficient (Wildman–Crippen LogP) is 4.85. The van der Waals surface area contributed by atoms with Crippen molar-refractivity contribution in [3.05, 3.63) is 29.8 Å². The third-order valence-electron chi connectivity index (χ3n) is 5.02. The van der Waals surface area contributed by atoms with E-state index in [2.05, 4.69) is 57.3 Å². The topological polar surface area (TPSA) is 21.3 Å². The molecular formula is C19H29NO. The van der Waals surface area contributed by atoms with Gasteiger partial charge in [0.25, 0.3) is 0 Å². The monoisotopic (exact) mass is 287 g/mol. The molecule has 1 heterocycles. The minimum Gasteiger partial charge on any atom is -0.487 e. The smallest absolute Gasteiger partial charge is 0.124 e. The molecule has 1 saturated carbocycles. The van der Waals surface area contributed by atoms with Crippen molar-refractivity contribution in [1.29, 1.82) is 0 Å². The van der Waals surface area contributed by atoms with Crippen LogP contribution in [0.1, 0.15) is 71.4 Å². The number of para-hydroxylation sites is 1. The SMILES string of the molecule is CC1(C)CCCC(NC2CC(C)(C)Oc3ccccc32)C1. The Morgan fingerprint density at radius 2 is 1.86 bits per heavy atom. The lowest BCUT2D eigenvalue weighted by Crippen LogP contribution is -2.45. The zero-order valence-corrected chi connectivity index (χ0v) is 13.9. The van der Waals surface area contributed by atoms with Crippen molar-refractivity contribution in [2.45, 2.75) is 77.5 Å². The van der Waals surface area contributed by atoms with E-state index in [1.807, 2.05) is 0 Å². The summed E-state index contributed by atoms with van der Waals surface area (Å²) in [5.74, 6) is 1.06. The first-order valence-electron chi connectivity index (χ1n) is 8.39. The molecule has 1 N–H and O–H groups in total. The second kappa shape index (κ2) is 5.31. The number of hydrogen-bond donors (Lipinski definition) is 1. The lowest BCUT2D eigenvalue weighted by Gasteiger charge is -2.42. The van der Waals surface area contributed by atoms with Gasteiger partial charge in [-0.3, -0.25) is 0 Å². The second-order valence-corrected chi connectivity index (χ2v) is 8.28. The molecule has 3 rings (SSSR count). The minimum absolute atomic E-state index is 0.0871. The van der Waals surface area contributed by atoms with Gasteiger partial charge in [0.05, 0.1) is 0 Å². The Bertz CT molecular complexity index is 506. The highest BCUT2D eigenvalue weighted by Crippen LogP contribution is 2.41. The number of nitrogens with one attached hydrogen (secondary N) is 1. The molecule has 2 aliphatic rings. The standard InChI is InChI=1S/C19H29NO/c1-18(2)11-7-8-14(12-18)20-16-13-19(3,4)21-17-10-6-5-9-15(16)17/h5-6,9-10,14,16,20H,7-8,11-13H2,1-4H3. The fraction of sp³-hybridized carbons (Fsp3) is 0.684. The third-order valence-corrected chi connectivity index (χ3v) is 5.02. The molecule has 2 nitrogen and oxygen atoms in total. The van der Waals surface area contributed by atoms with Crippen LogP contribution in [0.5, 0.6) is 5.75 Å². The molecule has 116 valence electrons. The summed E-state index contributed by atoms with van der Waals surface area (Å²) in [5.41, 5.74) is 1.73. The molecule has 1 aliphatic carbocycles. The number of rotatable bonds is 2. The van der Waals surface area contributed by atoms with E-state index in [1.165, 1.54) is 31.2 Å². The first-order chi connectivity index (χ1) is 9.85. The fourth-order valence-electron chi connectivity index (χ4n) is 4.08. The molecule has 1 aliphatic heterocycles. The van der Waals surface area contributed by atoms with Crippen LogP contribution in [-0.4, -0.2) is 11.6 Å². The molecule has 2 heteroatoms. The van der Waals surface area contributed by atoms with Gasteiger partial charge in [0, 0.05) is 24.1 Å². The summed E-state index contributed by atoms with van der Waals surface area (Å²) < 4.78 is 6.14. The molecule has 0 aromatic heterocycles. The van der Waals surface area contributed by atoms with Crippen LogP contribution in [0, 0.1) is 5.41 Å². The Balaban J connectivity index is 1.78. The molecule has 0 amide bonds. The van der Waals surface area contributed by atoms with Crippen LogP contribution in [0.25, 0.3) is 0 Å². The summed E-state index contributed by atoms with van der Waals surface area (Å²) in [6.45, 7) is 9.20. The van der Waals surface area contributed by atoms with Gasteiger partial charge in [-0.2, -0.15) is 0 Å². The van der Waals surface area contributed by atoms with Crippen molar-refractivity contribution in [3.63, 3.8) is 0 Å². The lowest BCUT2D eigenvalue weighted by atomic mass is 9.74. The summed E-state index contributed by atoms with van der Waals surface area (Å²) in [5, 5.41) is 3.95. The molecule has 2 atom stereocenters. The van der Waals surface area contributed by atoms with E-state index in [0.29, 0.717) is 17.5 Å². The molecule has 0 bridgehead atoms. The molecule has 1 aromatic carbocycles. The van der Waals surface area contributed by atoms with E-state index in [0.717, 1.165) is 12.2 Å². The van der Waals surface area contributed by atoms with Crippen molar-refractivity contribution >= 4 is 0 Å². The van der Waals surface area contributed by atoms with Gasteiger partial charge in [-0.1, -0.05) is 38.5 Å². The van der Waals surface area contributed by atoms with Gasteiger partial charge >= 0.3 is 0 Å². The van der Waals surface area contributed by atoms with Gasteiger partial charge in [0.15, 0.2) is 0 Å².